The number of halogens is 4. The Morgan fingerprint density at radius 1 is 0.964 bits per heavy atom. The van der Waals surface area contributed by atoms with E-state index in [9.17, 15) is 36.5 Å². The number of azo groups is 1. The van der Waals surface area contributed by atoms with Crippen LogP contribution >= 0.6 is 53.9 Å². The molecule has 0 saturated carbocycles. The molecule has 0 unspecified atom stereocenters. The smallest absolute Gasteiger partial charge is 1.00 e. The van der Waals surface area contributed by atoms with Crippen LogP contribution in [0.1, 0.15) is 10.4 Å². The van der Waals surface area contributed by atoms with E-state index in [1.807, 2.05) is 0 Å². The predicted octanol–water partition coefficient (Wildman–Crippen LogP) is -6.44. The summed E-state index contributed by atoms with van der Waals surface area (Å²) in [4.78, 5) is 24.3. The fourth-order valence-corrected chi connectivity index (χ4v) is 6.59. The Kier molecular flexibility index (Phi) is 24.6. The normalized spacial score (nSPS) is 11.3. The monoisotopic (exact) mass is 1140 g/mol. The summed E-state index contributed by atoms with van der Waals surface area (Å²) < 4.78 is 71.0. The first kappa shape index (κ1) is 52.7. The average Bonchev–Trinajstić information content (AvgIpc) is 3.10. The van der Waals surface area contributed by atoms with Gasteiger partial charge in [0, 0.05) is 22.3 Å². The molecule has 5 aromatic rings. The van der Waals surface area contributed by atoms with Gasteiger partial charge in [0.2, 0.25) is 26.9 Å². The number of rotatable bonds is 14. The van der Waals surface area contributed by atoms with Crippen LogP contribution in [0.4, 0.5) is 28.7 Å². The van der Waals surface area contributed by atoms with Gasteiger partial charge in [-0.2, -0.15) is 24.4 Å². The van der Waals surface area contributed by atoms with Gasteiger partial charge in [-0.3, -0.25) is 14.0 Å². The summed E-state index contributed by atoms with van der Waals surface area (Å²) in [6.07, 6.45) is 0. The third-order valence-electron chi connectivity index (χ3n) is 6.49. The molecule has 282 valence electrons. The number of benzene rings is 4. The molecule has 0 aliphatic carbocycles. The van der Waals surface area contributed by atoms with Gasteiger partial charge in [0.25, 0.3) is 5.91 Å². The number of amides is 1. The summed E-state index contributed by atoms with van der Waals surface area (Å²) in [7, 11) is -9.00. The molecule has 1 heterocycles. The van der Waals surface area contributed by atoms with Crippen molar-refractivity contribution in [3.05, 3.63) is 88.9 Å². The Balaban J connectivity index is 0.00000262. The first-order valence-electron chi connectivity index (χ1n) is 14.3. The second kappa shape index (κ2) is 26.1. The molecule has 0 aliphatic heterocycles. The summed E-state index contributed by atoms with van der Waals surface area (Å²) >= 11 is 14.0. The zero-order valence-corrected chi connectivity index (χ0v) is 44.2. The second-order valence-electron chi connectivity index (χ2n) is 9.82. The molecule has 3 N–H and O–H groups in total. The number of hydrogen-bond donors (Lipinski definition) is 3. The second-order valence-corrected chi connectivity index (χ2v) is 14.4. The van der Waals surface area contributed by atoms with Crippen LogP contribution in [0.15, 0.2) is 92.8 Å². The van der Waals surface area contributed by atoms with Gasteiger partial charge < -0.3 is 25.6 Å². The molecule has 5 rings (SSSR count). The number of phenols is 1. The molecule has 1 amide bonds. The number of carbonyl (C=O) groups excluding carboxylic acids is 1. The van der Waals surface area contributed by atoms with Gasteiger partial charge in [0.1, 0.15) is 5.69 Å². The van der Waals surface area contributed by atoms with Crippen molar-refractivity contribution < 1.29 is 179 Å². The first-order valence-corrected chi connectivity index (χ1v) is 24.6. The molecule has 0 saturated heterocycles. The molecular formula is C28H20Cl2I2KN7Na2O11S3. The van der Waals surface area contributed by atoms with Gasteiger partial charge in [-0.1, -0.05) is 0 Å². The number of anilines is 3. The van der Waals surface area contributed by atoms with E-state index in [0.29, 0.717) is 28.5 Å². The van der Waals surface area contributed by atoms with Crippen LogP contribution in [-0.2, 0) is 33.8 Å². The zero-order valence-electron chi connectivity index (χ0n) is 29.8. The number of aromatic nitrogens is 3. The molecule has 28 heteroatoms. The Labute approximate surface area is 444 Å². The van der Waals surface area contributed by atoms with Crippen molar-refractivity contribution in [2.45, 2.75) is 9.79 Å². The topological polar surface area (TPSA) is 267 Å². The molecule has 18 nitrogen and oxygen atoms in total. The van der Waals surface area contributed by atoms with Crippen molar-refractivity contribution in [1.29, 1.82) is 0.594 Å². The van der Waals surface area contributed by atoms with Crippen LogP contribution in [0, 0.1) is 0 Å². The van der Waals surface area contributed by atoms with E-state index in [1.165, 1.54) is 48.5 Å². The van der Waals surface area contributed by atoms with Crippen molar-refractivity contribution in [3.63, 3.8) is 0 Å². The van der Waals surface area contributed by atoms with Gasteiger partial charge in [0.15, 0.2) is 15.6 Å². The maximum atomic E-state index is 12.8. The fourth-order valence-electron chi connectivity index (χ4n) is 4.25. The summed E-state index contributed by atoms with van der Waals surface area (Å²) in [5.74, 6) is -1.52. The SMILES string of the molecule is O=C(Nc1ccc(S(=O)(=O)CCOS(=O)(=O)[O-])cc1)c1ccc(N=Nc2c(SOO[O-])cc3cc(Nc4nc(Cl)nc(Cl)n4)ccc3c2O)cc1.[2H][I-]I.[K+].[Na+].[Na+]. The van der Waals surface area contributed by atoms with Gasteiger partial charge >= 0.3 is 148 Å². The Morgan fingerprint density at radius 2 is 1.57 bits per heavy atom. The van der Waals surface area contributed by atoms with Crippen LogP contribution in [-0.4, -0.2) is 60.3 Å². The molecule has 0 spiro atoms. The molecule has 56 heavy (non-hydrogen) atoms. The molecule has 0 aliphatic rings. The first-order chi connectivity index (χ1) is 25.6. The van der Waals surface area contributed by atoms with Crippen LogP contribution in [0.5, 0.6) is 5.75 Å². The number of nitrogens with one attached hydrogen (secondary N) is 2. The largest absolute Gasteiger partial charge is 1.00 e. The average molecular weight is 1140 g/mol. The quantitative estimate of drug-likeness (QED) is 0.0137. The number of nitrogens with zero attached hydrogens (tertiary/aromatic N) is 5. The Morgan fingerprint density at radius 3 is 2.16 bits per heavy atom. The van der Waals surface area contributed by atoms with E-state index in [1.54, 1.807) is 24.3 Å². The van der Waals surface area contributed by atoms with Crippen molar-refractivity contribution in [3.8, 4) is 5.75 Å². The Bertz CT molecular complexity index is 2370. The molecule has 0 atom stereocenters. The van der Waals surface area contributed by atoms with Crippen LogP contribution in [0.2, 0.25) is 10.6 Å². The van der Waals surface area contributed by atoms with E-state index in [-0.39, 0.29) is 184 Å². The van der Waals surface area contributed by atoms with Crippen molar-refractivity contribution in [2.24, 2.45) is 10.2 Å². The molecule has 0 bridgehead atoms. The van der Waals surface area contributed by atoms with Gasteiger partial charge in [-0.25, -0.2) is 16.8 Å². The van der Waals surface area contributed by atoms with Gasteiger partial charge in [0.05, 0.1) is 39.9 Å². The number of phenolic OH excluding ortho intramolecular Hbond substituents is 1. The standard InChI is InChI=1S/C28H21Cl2N7O11S3.HI2.K.2Na/c29-26-33-27(30)35-28(34-26)32-19-7-10-21-16(13-19)14-22(49-48-47-40)23(24(21)38)37-36-18-3-1-15(2-4-18)25(39)31-17-5-8-20(9-6-17)50(41,42)12-11-46-51(43,44)45;1-2;;;/h1-10,13-14,38,40H,11-12H2,(H,31,39)(H,43,44,45)(H,32,33,34,35);1H;;;/q;-1;3*+1/p-2/i;1D;;;. The summed E-state index contributed by atoms with van der Waals surface area (Å²) in [5, 5.41) is 39.5. The Hall–Kier alpha value is 0.546. The maximum absolute atomic E-state index is 12.8. The molecule has 1 aromatic heterocycles. The maximum Gasteiger partial charge on any atom is 1.00 e. The molecule has 0 fully saturated rings. The summed E-state index contributed by atoms with van der Waals surface area (Å²) in [5.41, 5.74) is 1.17. The molecule has 4 aromatic carbocycles. The number of sulfone groups is 1. The number of carbonyl (C=O) groups is 1. The van der Waals surface area contributed by atoms with E-state index in [0.717, 1.165) is 0 Å². The molecular weight excluding hydrogens is 1120 g/mol. The minimum Gasteiger partial charge on any atom is 1.00 e. The third-order valence-corrected chi connectivity index (χ3v) is 9.59. The molecule has 0 radical (unpaired) electrons. The van der Waals surface area contributed by atoms with Gasteiger partial charge in [-0.05, 0) is 101 Å². The third kappa shape index (κ3) is 16.8. The van der Waals surface area contributed by atoms with Crippen molar-refractivity contribution in [1.82, 2.24) is 15.0 Å². The van der Waals surface area contributed by atoms with Gasteiger partial charge in [-0.15, -0.1) is 5.11 Å². The fraction of sp³-hybridized carbons (Fsp3) is 0.0714. The minimum absolute atomic E-state index is 0. The van der Waals surface area contributed by atoms with Crippen molar-refractivity contribution >= 4 is 119 Å². The minimum atomic E-state index is -5.03. The van der Waals surface area contributed by atoms with Crippen LogP contribution < -0.4 is 145 Å². The van der Waals surface area contributed by atoms with E-state index < -0.39 is 38.5 Å². The predicted molar refractivity (Wildman–Crippen MR) is 195 cm³/mol. The number of fused-ring (bicyclic) bond motifs is 1. The number of aromatic hydroxyl groups is 1. The van der Waals surface area contributed by atoms with Crippen molar-refractivity contribution in [2.75, 3.05) is 23.0 Å². The summed E-state index contributed by atoms with van der Waals surface area (Å²) in [6, 6.07) is 17.2. The summed E-state index contributed by atoms with van der Waals surface area (Å²) in [6.45, 7) is -0.840. The van der Waals surface area contributed by atoms with E-state index >= 15 is 0 Å². The van der Waals surface area contributed by atoms with E-state index in [4.69, 9.17) is 23.8 Å². The number of hydrogen-bond acceptors (Lipinski definition) is 18. The van der Waals surface area contributed by atoms with Crippen LogP contribution in [0.3, 0.4) is 0 Å². The van der Waals surface area contributed by atoms with E-state index in [2.05, 4.69) is 68.0 Å². The van der Waals surface area contributed by atoms with Crippen LogP contribution in [0.25, 0.3) is 10.8 Å². The zero-order chi connectivity index (χ0) is 39.5.